The number of hydrogen-bond donors (Lipinski definition) is 0. The van der Waals surface area contributed by atoms with Gasteiger partial charge in [0.15, 0.2) is 11.6 Å². The van der Waals surface area contributed by atoms with Crippen molar-refractivity contribution in [3.05, 3.63) is 131 Å². The minimum Gasteiger partial charge on any atom is -0.294 e. The number of carbonyl (C=O) groups excluding carboxylic acids is 2. The maximum Gasteiger partial charge on any atom is 0.162 e. The summed E-state index contributed by atoms with van der Waals surface area (Å²) in [5.74, 6) is 2.67. The molecule has 1 radical (unpaired) electrons. The largest absolute Gasteiger partial charge is 0.294 e. The van der Waals surface area contributed by atoms with Crippen LogP contribution in [0, 0.1) is 66.6 Å². The van der Waals surface area contributed by atoms with Gasteiger partial charge >= 0.3 is 0 Å². The topological polar surface area (TPSA) is 34.1 Å². The van der Waals surface area contributed by atoms with E-state index in [1.807, 2.05) is 12.1 Å². The van der Waals surface area contributed by atoms with Crippen LogP contribution >= 0.6 is 0 Å². The first-order valence-electron chi connectivity index (χ1n) is 17.9. The first-order valence-corrected chi connectivity index (χ1v) is 17.9. The van der Waals surface area contributed by atoms with E-state index in [9.17, 15) is 9.59 Å². The SMILES string of the molecule is CC(C)[C@@H]1CC[C@H](C)/C(=C/c2ccc(-c3ccccc3)cc2)C1=O.CC(C)[C@@H]1CC[C@H](C)/C(=C\c2ccc(-c3ccccc3)cc2)C1=O.[U].[V]. The summed E-state index contributed by atoms with van der Waals surface area (Å²) >= 11 is 0. The molecule has 4 heteroatoms. The van der Waals surface area contributed by atoms with Crippen LogP contribution in [0.5, 0.6) is 0 Å². The van der Waals surface area contributed by atoms with Gasteiger partial charge in [0.2, 0.25) is 0 Å². The van der Waals surface area contributed by atoms with Crippen LogP contribution in [0.2, 0.25) is 0 Å². The third-order valence-electron chi connectivity index (χ3n) is 10.4. The third-order valence-corrected chi connectivity index (χ3v) is 10.4. The van der Waals surface area contributed by atoms with Crippen LogP contribution < -0.4 is 0 Å². The molecule has 2 saturated carbocycles. The van der Waals surface area contributed by atoms with Gasteiger partial charge in [-0.1, -0.05) is 151 Å². The quantitative estimate of drug-likeness (QED) is 0.181. The van der Waals surface area contributed by atoms with Crippen LogP contribution in [0.3, 0.4) is 0 Å². The summed E-state index contributed by atoms with van der Waals surface area (Å²) in [5, 5.41) is 0. The first-order chi connectivity index (χ1) is 23.1. The minimum absolute atomic E-state index is 0. The molecule has 2 nitrogen and oxygen atoms in total. The van der Waals surface area contributed by atoms with Gasteiger partial charge in [-0.15, -0.1) is 0 Å². The molecule has 0 spiro atoms. The predicted octanol–water partition coefficient (Wildman–Crippen LogP) is 12.0. The Balaban J connectivity index is 0.000000260. The van der Waals surface area contributed by atoms with Crippen LogP contribution in [0.15, 0.2) is 120 Å². The fourth-order valence-corrected chi connectivity index (χ4v) is 7.21. The Labute approximate surface area is 336 Å². The van der Waals surface area contributed by atoms with E-state index in [0.29, 0.717) is 35.2 Å². The number of benzene rings is 4. The van der Waals surface area contributed by atoms with Gasteiger partial charge in [0, 0.05) is 61.5 Å². The Hall–Kier alpha value is -2.66. The standard InChI is InChI=1S/2C23H26O.U.V/c2*1-16(2)21-14-9-17(3)22(23(21)24)15-18-10-12-20(13-11-18)19-7-5-4-6-8-19;;/h2*4-8,10-13,15-17,21H,9,14H2,1-3H3;;/b22-15+;22-15-;;/t2*17-,21-;;/m00../s1. The van der Waals surface area contributed by atoms with Crippen molar-refractivity contribution in [1.82, 2.24) is 0 Å². The number of Topliss-reactive ketones (excluding diaryl/α,β-unsaturated/α-hetero) is 2. The van der Waals surface area contributed by atoms with Crippen molar-refractivity contribution in [3.63, 3.8) is 0 Å². The predicted molar refractivity (Wildman–Crippen MR) is 203 cm³/mol. The molecular formula is C46H52O2UV. The molecule has 6 rings (SSSR count). The van der Waals surface area contributed by atoms with E-state index in [4.69, 9.17) is 0 Å². The molecule has 2 aliphatic rings. The minimum atomic E-state index is 0. The summed E-state index contributed by atoms with van der Waals surface area (Å²) in [4.78, 5) is 25.6. The zero-order chi connectivity index (χ0) is 34.2. The summed E-state index contributed by atoms with van der Waals surface area (Å²) in [6, 6.07) is 37.8. The second-order valence-electron chi connectivity index (χ2n) is 14.6. The number of ketones is 2. The molecule has 0 aliphatic heterocycles. The van der Waals surface area contributed by atoms with Crippen LogP contribution in [0.25, 0.3) is 34.4 Å². The average molecular weight is 926 g/mol. The van der Waals surface area contributed by atoms with E-state index in [0.717, 1.165) is 48.0 Å². The summed E-state index contributed by atoms with van der Waals surface area (Å²) in [6.45, 7) is 13.0. The molecule has 0 bridgehead atoms. The van der Waals surface area contributed by atoms with Gasteiger partial charge < -0.3 is 0 Å². The van der Waals surface area contributed by atoms with Gasteiger partial charge in [-0.3, -0.25) is 9.59 Å². The summed E-state index contributed by atoms with van der Waals surface area (Å²) in [5.41, 5.74) is 9.11. The Morgan fingerprint density at radius 2 is 0.780 bits per heavy atom. The maximum absolute atomic E-state index is 12.8. The van der Waals surface area contributed by atoms with Gasteiger partial charge in [-0.25, -0.2) is 0 Å². The maximum atomic E-state index is 12.8. The monoisotopic (exact) mass is 925 g/mol. The molecule has 0 N–H and O–H groups in total. The summed E-state index contributed by atoms with van der Waals surface area (Å²) < 4.78 is 0. The van der Waals surface area contributed by atoms with E-state index in [2.05, 4.69) is 151 Å². The van der Waals surface area contributed by atoms with Crippen molar-refractivity contribution in [1.29, 1.82) is 0 Å². The molecule has 257 valence electrons. The van der Waals surface area contributed by atoms with Crippen LogP contribution in [0.4, 0.5) is 0 Å². The van der Waals surface area contributed by atoms with Crippen molar-refractivity contribution in [2.75, 3.05) is 0 Å². The van der Waals surface area contributed by atoms with Crippen molar-refractivity contribution in [2.45, 2.75) is 67.2 Å². The average Bonchev–Trinajstić information content (AvgIpc) is 3.10. The number of allylic oxidation sites excluding steroid dienone is 2. The molecule has 0 amide bonds. The zero-order valence-corrected chi connectivity index (χ0v) is 36.2. The summed E-state index contributed by atoms with van der Waals surface area (Å²) in [6.07, 6.45) is 8.50. The Kier molecular flexibility index (Phi) is 16.5. The molecular weight excluding hydrogens is 873 g/mol. The molecule has 0 saturated heterocycles. The van der Waals surface area contributed by atoms with E-state index in [-0.39, 0.29) is 61.5 Å². The van der Waals surface area contributed by atoms with Gasteiger partial charge in [0.1, 0.15) is 0 Å². The Bertz CT molecular complexity index is 1590. The second kappa shape index (κ2) is 19.8. The second-order valence-corrected chi connectivity index (χ2v) is 14.6. The molecule has 2 fully saturated rings. The van der Waals surface area contributed by atoms with Crippen molar-refractivity contribution in [2.24, 2.45) is 35.5 Å². The number of hydrogen-bond acceptors (Lipinski definition) is 2. The van der Waals surface area contributed by atoms with Crippen molar-refractivity contribution < 1.29 is 59.3 Å². The molecule has 4 aromatic carbocycles. The fourth-order valence-electron chi connectivity index (χ4n) is 7.21. The van der Waals surface area contributed by atoms with E-state index in [1.54, 1.807) is 0 Å². The fraction of sp³-hybridized carbons (Fsp3) is 0.348. The van der Waals surface area contributed by atoms with Crippen LogP contribution in [-0.4, -0.2) is 11.6 Å². The molecule has 4 atom stereocenters. The first kappa shape index (κ1) is 41.8. The zero-order valence-electron chi connectivity index (χ0n) is 30.6. The van der Waals surface area contributed by atoms with Gasteiger partial charge in [-0.2, -0.15) is 0 Å². The van der Waals surface area contributed by atoms with E-state index < -0.39 is 0 Å². The van der Waals surface area contributed by atoms with Crippen molar-refractivity contribution >= 4 is 23.7 Å². The third kappa shape index (κ3) is 10.7. The van der Waals surface area contributed by atoms with E-state index >= 15 is 0 Å². The molecule has 0 unspecified atom stereocenters. The van der Waals surface area contributed by atoms with Gasteiger partial charge in [-0.05, 0) is 106 Å². The number of rotatable bonds is 6. The number of carbonyl (C=O) groups is 2. The molecule has 4 aromatic rings. The molecule has 2 aliphatic carbocycles. The molecule has 0 heterocycles. The molecule has 0 aromatic heterocycles. The van der Waals surface area contributed by atoms with Gasteiger partial charge in [0.25, 0.3) is 0 Å². The van der Waals surface area contributed by atoms with Gasteiger partial charge in [0.05, 0.1) is 0 Å². The van der Waals surface area contributed by atoms with Crippen molar-refractivity contribution in [3.8, 4) is 22.3 Å². The van der Waals surface area contributed by atoms with Crippen LogP contribution in [-0.2, 0) is 28.1 Å². The van der Waals surface area contributed by atoms with E-state index in [1.165, 1.54) is 22.3 Å². The normalized spacial score (nSPS) is 22.1. The smallest absolute Gasteiger partial charge is 0.162 e. The Morgan fingerprint density at radius 3 is 1.08 bits per heavy atom. The Morgan fingerprint density at radius 1 is 0.480 bits per heavy atom. The molecule has 50 heavy (non-hydrogen) atoms. The van der Waals surface area contributed by atoms with Crippen LogP contribution in [0.1, 0.15) is 78.4 Å². The summed E-state index contributed by atoms with van der Waals surface area (Å²) in [7, 11) is 0.